The highest BCUT2D eigenvalue weighted by atomic mass is 16.1. The maximum atomic E-state index is 11.0. The number of primary amides is 1. The van der Waals surface area contributed by atoms with Crippen LogP contribution in [0.15, 0.2) is 18.3 Å². The second-order valence-corrected chi connectivity index (χ2v) is 3.38. The largest absolute Gasteiger partial charge is 0.368 e. The van der Waals surface area contributed by atoms with Crippen LogP contribution >= 0.6 is 0 Å². The fourth-order valence-electron chi connectivity index (χ4n) is 1.69. The summed E-state index contributed by atoms with van der Waals surface area (Å²) in [7, 11) is 0. The van der Waals surface area contributed by atoms with E-state index in [0.29, 0.717) is 11.4 Å². The van der Waals surface area contributed by atoms with Gasteiger partial charge in [-0.15, -0.1) is 0 Å². The summed E-state index contributed by atoms with van der Waals surface area (Å²) < 4.78 is 0. The molecule has 0 radical (unpaired) electrons. The highest BCUT2D eigenvalue weighted by Gasteiger charge is 2.34. The van der Waals surface area contributed by atoms with Crippen LogP contribution in [0.5, 0.6) is 0 Å². The molecule has 1 aromatic rings. The number of hydrogen-bond donors (Lipinski definition) is 1. The molecule has 2 N–H and O–H groups in total. The molecular formula is C10H10N4O. The first kappa shape index (κ1) is 9.46. The number of carbonyl (C=O) groups is 1. The molecule has 0 aromatic carbocycles. The minimum atomic E-state index is -0.353. The molecule has 1 fully saturated rings. The van der Waals surface area contributed by atoms with Gasteiger partial charge in [-0.2, -0.15) is 5.26 Å². The van der Waals surface area contributed by atoms with Gasteiger partial charge in [0, 0.05) is 12.7 Å². The van der Waals surface area contributed by atoms with Crippen molar-refractivity contribution in [3.8, 4) is 6.07 Å². The molecule has 0 aliphatic carbocycles. The van der Waals surface area contributed by atoms with Crippen molar-refractivity contribution in [2.45, 2.75) is 12.5 Å². The van der Waals surface area contributed by atoms with Crippen LogP contribution < -0.4 is 10.6 Å². The number of aromatic nitrogens is 1. The Kier molecular flexibility index (Phi) is 2.26. The summed E-state index contributed by atoms with van der Waals surface area (Å²) in [6.45, 7) is 0.744. The Morgan fingerprint density at radius 1 is 1.73 bits per heavy atom. The average molecular weight is 202 g/mol. The van der Waals surface area contributed by atoms with Crippen LogP contribution in [-0.4, -0.2) is 23.5 Å². The molecule has 1 saturated heterocycles. The quantitative estimate of drug-likeness (QED) is 0.732. The molecule has 1 aromatic heterocycles. The van der Waals surface area contributed by atoms with Crippen molar-refractivity contribution < 1.29 is 4.79 Å². The van der Waals surface area contributed by atoms with E-state index in [0.717, 1.165) is 13.0 Å². The standard InChI is InChI=1S/C10H10N4O/c11-6-7-8(2-1-4-13-7)14-5-3-9(14)10(12)15/h1-2,4,9H,3,5H2,(H2,12,15). The molecular weight excluding hydrogens is 192 g/mol. The smallest absolute Gasteiger partial charge is 0.240 e. The van der Waals surface area contributed by atoms with Gasteiger partial charge < -0.3 is 10.6 Å². The number of carbonyl (C=O) groups excluding carboxylic acids is 1. The predicted molar refractivity (Wildman–Crippen MR) is 53.9 cm³/mol. The number of nitriles is 1. The Balaban J connectivity index is 2.31. The normalized spacial score (nSPS) is 19.1. The highest BCUT2D eigenvalue weighted by Crippen LogP contribution is 2.27. The lowest BCUT2D eigenvalue weighted by molar-refractivity contribution is -0.120. The van der Waals surface area contributed by atoms with Gasteiger partial charge in [-0.25, -0.2) is 4.98 Å². The first-order chi connectivity index (χ1) is 7.24. The van der Waals surface area contributed by atoms with E-state index in [2.05, 4.69) is 4.98 Å². The third-order valence-electron chi connectivity index (χ3n) is 2.55. The van der Waals surface area contributed by atoms with Crippen LogP contribution in [0.2, 0.25) is 0 Å². The van der Waals surface area contributed by atoms with E-state index >= 15 is 0 Å². The molecule has 0 saturated carbocycles. The molecule has 1 aliphatic heterocycles. The van der Waals surface area contributed by atoms with Gasteiger partial charge in [0.05, 0.1) is 5.69 Å². The average Bonchev–Trinajstić information content (AvgIpc) is 2.16. The van der Waals surface area contributed by atoms with E-state index < -0.39 is 0 Å². The summed E-state index contributed by atoms with van der Waals surface area (Å²) in [5.41, 5.74) is 6.26. The summed E-state index contributed by atoms with van der Waals surface area (Å²) >= 11 is 0. The Hall–Kier alpha value is -2.09. The zero-order valence-electron chi connectivity index (χ0n) is 8.05. The van der Waals surface area contributed by atoms with E-state index in [9.17, 15) is 4.79 Å². The van der Waals surface area contributed by atoms with Crippen molar-refractivity contribution in [2.24, 2.45) is 5.73 Å². The number of amides is 1. The Bertz CT molecular complexity index is 437. The number of nitrogens with zero attached hydrogens (tertiary/aromatic N) is 3. The summed E-state index contributed by atoms with van der Waals surface area (Å²) in [5.74, 6) is -0.353. The maximum absolute atomic E-state index is 11.0. The van der Waals surface area contributed by atoms with Gasteiger partial charge in [0.2, 0.25) is 5.91 Å². The molecule has 2 rings (SSSR count). The van der Waals surface area contributed by atoms with E-state index in [1.165, 1.54) is 0 Å². The van der Waals surface area contributed by atoms with Crippen molar-refractivity contribution in [3.63, 3.8) is 0 Å². The van der Waals surface area contributed by atoms with E-state index in [1.807, 2.05) is 11.0 Å². The molecule has 0 bridgehead atoms. The van der Waals surface area contributed by atoms with Crippen LogP contribution in [0.3, 0.4) is 0 Å². The molecule has 5 heteroatoms. The topological polar surface area (TPSA) is 83.0 Å². The van der Waals surface area contributed by atoms with Crippen molar-refractivity contribution in [3.05, 3.63) is 24.0 Å². The van der Waals surface area contributed by atoms with Crippen molar-refractivity contribution in [2.75, 3.05) is 11.4 Å². The molecule has 5 nitrogen and oxygen atoms in total. The molecule has 1 unspecified atom stereocenters. The van der Waals surface area contributed by atoms with Crippen LogP contribution in [0.1, 0.15) is 12.1 Å². The summed E-state index contributed by atoms with van der Waals surface area (Å²) in [6, 6.07) is 5.23. The van der Waals surface area contributed by atoms with Gasteiger partial charge >= 0.3 is 0 Å². The lowest BCUT2D eigenvalue weighted by Gasteiger charge is -2.40. The fraction of sp³-hybridized carbons (Fsp3) is 0.300. The van der Waals surface area contributed by atoms with E-state index in [-0.39, 0.29) is 11.9 Å². The summed E-state index contributed by atoms with van der Waals surface area (Å²) in [6.07, 6.45) is 2.30. The number of rotatable bonds is 2. The van der Waals surface area contributed by atoms with Crippen molar-refractivity contribution in [1.82, 2.24) is 4.98 Å². The first-order valence-corrected chi connectivity index (χ1v) is 4.65. The summed E-state index contributed by atoms with van der Waals surface area (Å²) in [5, 5.41) is 8.86. The third kappa shape index (κ3) is 1.50. The van der Waals surface area contributed by atoms with Crippen LogP contribution in [0.25, 0.3) is 0 Å². The third-order valence-corrected chi connectivity index (χ3v) is 2.55. The van der Waals surface area contributed by atoms with Gasteiger partial charge in [-0.05, 0) is 18.6 Å². The van der Waals surface area contributed by atoms with Crippen LogP contribution in [-0.2, 0) is 4.79 Å². The number of nitrogens with two attached hydrogens (primary N) is 1. The second kappa shape index (κ2) is 3.58. The van der Waals surface area contributed by atoms with Crippen molar-refractivity contribution in [1.29, 1.82) is 5.26 Å². The van der Waals surface area contributed by atoms with Gasteiger partial charge in [-0.3, -0.25) is 4.79 Å². The highest BCUT2D eigenvalue weighted by molar-refractivity contribution is 5.86. The molecule has 76 valence electrons. The van der Waals surface area contributed by atoms with E-state index in [1.54, 1.807) is 18.3 Å². The van der Waals surface area contributed by atoms with Gasteiger partial charge in [-0.1, -0.05) is 0 Å². The van der Waals surface area contributed by atoms with Gasteiger partial charge in [0.25, 0.3) is 0 Å². The zero-order valence-corrected chi connectivity index (χ0v) is 8.05. The monoisotopic (exact) mass is 202 g/mol. The minimum Gasteiger partial charge on any atom is -0.368 e. The predicted octanol–water partition coefficient (Wildman–Crippen LogP) is 0.0173. The Morgan fingerprint density at radius 3 is 3.07 bits per heavy atom. The molecule has 1 amide bonds. The van der Waals surface area contributed by atoms with Crippen LogP contribution in [0.4, 0.5) is 5.69 Å². The lowest BCUT2D eigenvalue weighted by Crippen LogP contribution is -2.55. The summed E-state index contributed by atoms with van der Waals surface area (Å²) in [4.78, 5) is 16.8. The van der Waals surface area contributed by atoms with E-state index in [4.69, 9.17) is 11.0 Å². The molecule has 1 aliphatic rings. The SMILES string of the molecule is N#Cc1ncccc1N1CCC1C(N)=O. The minimum absolute atomic E-state index is 0.290. The maximum Gasteiger partial charge on any atom is 0.240 e. The molecule has 2 heterocycles. The molecule has 15 heavy (non-hydrogen) atoms. The molecule has 0 spiro atoms. The Labute approximate surface area is 87.1 Å². The zero-order chi connectivity index (χ0) is 10.8. The number of anilines is 1. The molecule has 1 atom stereocenters. The first-order valence-electron chi connectivity index (χ1n) is 4.65. The van der Waals surface area contributed by atoms with Gasteiger partial charge in [0.1, 0.15) is 12.1 Å². The Morgan fingerprint density at radius 2 is 2.53 bits per heavy atom. The van der Waals surface area contributed by atoms with Crippen LogP contribution in [0, 0.1) is 11.3 Å². The second-order valence-electron chi connectivity index (χ2n) is 3.38. The van der Waals surface area contributed by atoms with Crippen molar-refractivity contribution >= 4 is 11.6 Å². The lowest BCUT2D eigenvalue weighted by atomic mass is 10.0. The van der Waals surface area contributed by atoms with Gasteiger partial charge in [0.15, 0.2) is 5.69 Å². The number of pyridine rings is 1. The number of hydrogen-bond acceptors (Lipinski definition) is 4. The fourth-order valence-corrected chi connectivity index (χ4v) is 1.69.